The highest BCUT2D eigenvalue weighted by atomic mass is 79.9. The lowest BCUT2D eigenvalue weighted by Crippen LogP contribution is -2.28. The molecule has 0 aliphatic heterocycles. The normalized spacial score (nSPS) is 12.0. The van der Waals surface area contributed by atoms with E-state index in [9.17, 15) is 9.18 Å². The van der Waals surface area contributed by atoms with E-state index < -0.39 is 17.8 Å². The van der Waals surface area contributed by atoms with E-state index in [0.717, 1.165) is 5.56 Å². The third-order valence-electron chi connectivity index (χ3n) is 3.59. The van der Waals surface area contributed by atoms with Crippen molar-refractivity contribution in [3.05, 3.63) is 63.8 Å². The Morgan fingerprint density at radius 3 is 2.88 bits per heavy atom. The number of benzene rings is 1. The van der Waals surface area contributed by atoms with Gasteiger partial charge in [0.1, 0.15) is 17.3 Å². The van der Waals surface area contributed by atoms with Gasteiger partial charge in [-0.05, 0) is 59.6 Å². The summed E-state index contributed by atoms with van der Waals surface area (Å²) in [5.41, 5.74) is 1.63. The standard InChI is InChI=1S/C17H15BrFN5O/c1-9-6-7-20-13(8-9)16-22-15(23-24-16)10(2)21-17(25)14-11(18)4-3-5-12(14)19/h3-8,10H,1-2H3,(H,21,25)(H,22,23,24). The highest BCUT2D eigenvalue weighted by molar-refractivity contribution is 9.10. The van der Waals surface area contributed by atoms with Crippen molar-refractivity contribution in [1.82, 2.24) is 25.5 Å². The molecule has 0 fully saturated rings. The van der Waals surface area contributed by atoms with E-state index in [-0.39, 0.29) is 5.56 Å². The molecule has 3 rings (SSSR count). The van der Waals surface area contributed by atoms with E-state index >= 15 is 0 Å². The molecule has 8 heteroatoms. The van der Waals surface area contributed by atoms with Crippen LogP contribution in [0.4, 0.5) is 4.39 Å². The Morgan fingerprint density at radius 2 is 2.16 bits per heavy atom. The van der Waals surface area contributed by atoms with Gasteiger partial charge in [-0.2, -0.15) is 5.10 Å². The fraction of sp³-hybridized carbons (Fsp3) is 0.176. The molecule has 2 N–H and O–H groups in total. The van der Waals surface area contributed by atoms with Crippen LogP contribution in [0, 0.1) is 12.7 Å². The predicted molar refractivity (Wildman–Crippen MR) is 94.3 cm³/mol. The number of pyridine rings is 1. The quantitative estimate of drug-likeness (QED) is 0.697. The lowest BCUT2D eigenvalue weighted by Gasteiger charge is -2.12. The molecule has 0 saturated carbocycles. The first-order valence-electron chi connectivity index (χ1n) is 7.56. The van der Waals surface area contributed by atoms with Crippen molar-refractivity contribution in [3.8, 4) is 11.5 Å². The van der Waals surface area contributed by atoms with E-state index in [1.54, 1.807) is 19.2 Å². The minimum absolute atomic E-state index is 0.0468. The minimum Gasteiger partial charge on any atom is -0.342 e. The molecule has 0 spiro atoms. The molecule has 0 saturated heterocycles. The molecule has 6 nitrogen and oxygen atoms in total. The molecule has 1 amide bonds. The predicted octanol–water partition coefficient (Wildman–Crippen LogP) is 3.57. The maximum absolute atomic E-state index is 13.9. The lowest BCUT2D eigenvalue weighted by atomic mass is 10.2. The highest BCUT2D eigenvalue weighted by Crippen LogP contribution is 2.21. The second-order valence-corrected chi connectivity index (χ2v) is 6.41. The van der Waals surface area contributed by atoms with E-state index in [4.69, 9.17) is 0 Å². The molecule has 3 aromatic rings. The van der Waals surface area contributed by atoms with E-state index in [0.29, 0.717) is 21.8 Å². The zero-order valence-corrected chi connectivity index (χ0v) is 15.1. The monoisotopic (exact) mass is 403 g/mol. The Morgan fingerprint density at radius 1 is 1.36 bits per heavy atom. The molecule has 0 aliphatic carbocycles. The number of amides is 1. The van der Waals surface area contributed by atoms with Crippen LogP contribution in [0.2, 0.25) is 0 Å². The SMILES string of the molecule is Cc1ccnc(-c2n[nH]c(C(C)NC(=O)c3c(F)cccc3Br)n2)c1. The molecular formula is C17H15BrFN5O. The topological polar surface area (TPSA) is 83.6 Å². The van der Waals surface area contributed by atoms with Gasteiger partial charge in [0.25, 0.3) is 5.91 Å². The number of aromatic amines is 1. The first kappa shape index (κ1) is 17.2. The number of halogens is 2. The van der Waals surface area contributed by atoms with Crippen LogP contribution in [0.3, 0.4) is 0 Å². The average molecular weight is 404 g/mol. The number of aryl methyl sites for hydroxylation is 1. The van der Waals surface area contributed by atoms with Gasteiger partial charge in [-0.1, -0.05) is 6.07 Å². The Kier molecular flexibility index (Phi) is 4.89. The average Bonchev–Trinajstić information content (AvgIpc) is 3.05. The van der Waals surface area contributed by atoms with Crippen LogP contribution < -0.4 is 5.32 Å². The van der Waals surface area contributed by atoms with Crippen molar-refractivity contribution < 1.29 is 9.18 Å². The summed E-state index contributed by atoms with van der Waals surface area (Å²) in [5.74, 6) is -0.239. The molecular weight excluding hydrogens is 389 g/mol. The Balaban J connectivity index is 1.78. The smallest absolute Gasteiger partial charge is 0.255 e. The number of carbonyl (C=O) groups is 1. The molecule has 2 aromatic heterocycles. The number of aromatic nitrogens is 4. The summed E-state index contributed by atoms with van der Waals surface area (Å²) in [6, 6.07) is 7.64. The van der Waals surface area contributed by atoms with Gasteiger partial charge in [0.05, 0.1) is 11.6 Å². The van der Waals surface area contributed by atoms with Crippen molar-refractivity contribution in [3.63, 3.8) is 0 Å². The number of hydrogen-bond donors (Lipinski definition) is 2. The highest BCUT2D eigenvalue weighted by Gasteiger charge is 2.20. The van der Waals surface area contributed by atoms with Crippen molar-refractivity contribution >= 4 is 21.8 Å². The zero-order valence-electron chi connectivity index (χ0n) is 13.5. The first-order chi connectivity index (χ1) is 12.0. The van der Waals surface area contributed by atoms with Gasteiger partial charge in [-0.3, -0.25) is 14.9 Å². The fourth-order valence-electron chi connectivity index (χ4n) is 2.29. The van der Waals surface area contributed by atoms with E-state index in [2.05, 4.69) is 41.4 Å². The number of rotatable bonds is 4. The second-order valence-electron chi connectivity index (χ2n) is 5.55. The van der Waals surface area contributed by atoms with Crippen LogP contribution in [0.15, 0.2) is 41.0 Å². The van der Waals surface area contributed by atoms with E-state index in [1.807, 2.05) is 19.1 Å². The summed E-state index contributed by atoms with van der Waals surface area (Å²) in [7, 11) is 0. The molecule has 1 unspecified atom stereocenters. The molecule has 1 aromatic carbocycles. The molecule has 25 heavy (non-hydrogen) atoms. The maximum Gasteiger partial charge on any atom is 0.255 e. The van der Waals surface area contributed by atoms with Gasteiger partial charge < -0.3 is 5.32 Å². The number of nitrogens with zero attached hydrogens (tertiary/aromatic N) is 3. The third kappa shape index (κ3) is 3.74. The Hall–Kier alpha value is -2.61. The molecule has 0 bridgehead atoms. The van der Waals surface area contributed by atoms with Gasteiger partial charge in [-0.25, -0.2) is 9.37 Å². The van der Waals surface area contributed by atoms with Crippen LogP contribution in [0.25, 0.3) is 11.5 Å². The maximum atomic E-state index is 13.9. The number of H-pyrrole nitrogens is 1. The molecule has 128 valence electrons. The van der Waals surface area contributed by atoms with Crippen LogP contribution >= 0.6 is 15.9 Å². The van der Waals surface area contributed by atoms with Gasteiger partial charge >= 0.3 is 0 Å². The number of nitrogens with one attached hydrogen (secondary N) is 2. The fourth-order valence-corrected chi connectivity index (χ4v) is 2.81. The lowest BCUT2D eigenvalue weighted by molar-refractivity contribution is 0.0933. The Bertz CT molecular complexity index is 907. The molecule has 2 heterocycles. The van der Waals surface area contributed by atoms with Gasteiger partial charge in [0.2, 0.25) is 0 Å². The zero-order chi connectivity index (χ0) is 18.0. The van der Waals surface area contributed by atoms with Crippen molar-refractivity contribution in [2.45, 2.75) is 19.9 Å². The third-order valence-corrected chi connectivity index (χ3v) is 4.26. The van der Waals surface area contributed by atoms with Gasteiger partial charge in [0, 0.05) is 10.7 Å². The summed E-state index contributed by atoms with van der Waals surface area (Å²) >= 11 is 3.19. The summed E-state index contributed by atoms with van der Waals surface area (Å²) in [6.07, 6.45) is 1.68. The minimum atomic E-state index is -0.596. The van der Waals surface area contributed by atoms with Crippen molar-refractivity contribution in [2.24, 2.45) is 0 Å². The summed E-state index contributed by atoms with van der Waals surface area (Å²) in [6.45, 7) is 3.69. The second kappa shape index (κ2) is 7.10. The van der Waals surface area contributed by atoms with Crippen LogP contribution in [-0.4, -0.2) is 26.1 Å². The molecule has 0 radical (unpaired) electrons. The van der Waals surface area contributed by atoms with Gasteiger partial charge in [0.15, 0.2) is 5.82 Å². The van der Waals surface area contributed by atoms with Crippen LogP contribution in [-0.2, 0) is 0 Å². The van der Waals surface area contributed by atoms with Crippen LogP contribution in [0.5, 0.6) is 0 Å². The van der Waals surface area contributed by atoms with Crippen LogP contribution in [0.1, 0.15) is 34.7 Å². The number of carbonyl (C=O) groups excluding carboxylic acids is 1. The van der Waals surface area contributed by atoms with Crippen molar-refractivity contribution in [1.29, 1.82) is 0 Å². The van der Waals surface area contributed by atoms with Crippen molar-refractivity contribution in [2.75, 3.05) is 0 Å². The molecule has 0 aliphatic rings. The molecule has 1 atom stereocenters. The van der Waals surface area contributed by atoms with E-state index in [1.165, 1.54) is 12.1 Å². The summed E-state index contributed by atoms with van der Waals surface area (Å²) < 4.78 is 14.3. The summed E-state index contributed by atoms with van der Waals surface area (Å²) in [5, 5.41) is 9.63. The Labute approximate surface area is 152 Å². The van der Waals surface area contributed by atoms with Gasteiger partial charge in [-0.15, -0.1) is 0 Å². The number of hydrogen-bond acceptors (Lipinski definition) is 4. The largest absolute Gasteiger partial charge is 0.342 e. The first-order valence-corrected chi connectivity index (χ1v) is 8.35. The summed E-state index contributed by atoms with van der Waals surface area (Å²) in [4.78, 5) is 20.9.